The second-order valence-corrected chi connectivity index (χ2v) is 7.79. The van der Waals surface area contributed by atoms with Crippen LogP contribution in [0.15, 0.2) is 18.5 Å². The molecule has 0 amide bonds. The van der Waals surface area contributed by atoms with Gasteiger partial charge in [-0.15, -0.1) is 4.31 Å². The number of hydrogen-bond donors (Lipinski definition) is 0. The molecule has 0 aliphatic carbocycles. The molecule has 2 rings (SSSR count). The van der Waals surface area contributed by atoms with Crippen molar-refractivity contribution in [3.8, 4) is 0 Å². The quantitative estimate of drug-likeness (QED) is 0.776. The van der Waals surface area contributed by atoms with E-state index in [1.165, 1.54) is 12.3 Å². The average Bonchev–Trinajstić information content (AvgIpc) is 2.75. The smallest absolute Gasteiger partial charge is 0.141 e. The lowest BCUT2D eigenvalue weighted by molar-refractivity contribution is 0.379. The maximum Gasteiger partial charge on any atom is 0.141 e. The second-order valence-electron chi connectivity index (χ2n) is 5.60. The minimum absolute atomic E-state index is 0.0215. The Labute approximate surface area is 111 Å². The predicted octanol–water partition coefficient (Wildman–Crippen LogP) is 2.82. The molecule has 0 radical (unpaired) electrons. The number of rotatable bonds is 2. The van der Waals surface area contributed by atoms with Crippen LogP contribution in [0.5, 0.6) is 0 Å². The van der Waals surface area contributed by atoms with Crippen LogP contribution in [0.4, 0.5) is 4.39 Å². The molecule has 0 saturated carbocycles. The van der Waals surface area contributed by atoms with Crippen molar-refractivity contribution in [1.29, 1.82) is 0 Å². The third-order valence-electron chi connectivity index (χ3n) is 3.05. The Kier molecular flexibility index (Phi) is 3.94. The van der Waals surface area contributed by atoms with Crippen LogP contribution in [-0.2, 0) is 11.4 Å². The lowest BCUT2D eigenvalue weighted by atomic mass is 10.1. The fraction of sp³-hybridized carbons (Fsp3) is 0.615. The van der Waals surface area contributed by atoms with Crippen molar-refractivity contribution in [1.82, 2.24) is 9.29 Å². The highest BCUT2D eigenvalue weighted by atomic mass is 32.2. The van der Waals surface area contributed by atoms with Gasteiger partial charge in [0.05, 0.1) is 12.2 Å². The fourth-order valence-electron chi connectivity index (χ4n) is 2.23. The van der Waals surface area contributed by atoms with E-state index < -0.39 is 11.4 Å². The van der Waals surface area contributed by atoms with Crippen LogP contribution in [-0.4, -0.2) is 25.1 Å². The van der Waals surface area contributed by atoms with Crippen molar-refractivity contribution >= 4 is 11.4 Å². The molecular formula is C13H19FN2OS. The van der Waals surface area contributed by atoms with Crippen molar-refractivity contribution in [2.24, 2.45) is 0 Å². The van der Waals surface area contributed by atoms with Crippen LogP contribution in [0.1, 0.15) is 45.2 Å². The number of pyridine rings is 1. The molecule has 3 nitrogen and oxygen atoms in total. The van der Waals surface area contributed by atoms with Gasteiger partial charge in [-0.25, -0.2) is 4.39 Å². The monoisotopic (exact) mass is 270 g/mol. The Morgan fingerprint density at radius 1 is 1.44 bits per heavy atom. The Bertz CT molecular complexity index is 422. The molecule has 5 heteroatoms. The summed E-state index contributed by atoms with van der Waals surface area (Å²) in [4.78, 5) is 3.88. The molecule has 2 unspecified atom stereocenters. The SMILES string of the molecule is CC(C)(C)[S+]([O-])N1CCCC1c1cncc(F)c1. The first-order valence-electron chi connectivity index (χ1n) is 6.18. The minimum atomic E-state index is -1.07. The van der Waals surface area contributed by atoms with Gasteiger partial charge in [-0.1, -0.05) is 0 Å². The summed E-state index contributed by atoms with van der Waals surface area (Å²) in [5.74, 6) is -0.333. The molecule has 1 aromatic heterocycles. The zero-order chi connectivity index (χ0) is 13.3. The summed E-state index contributed by atoms with van der Waals surface area (Å²) in [7, 11) is 0. The van der Waals surface area contributed by atoms with E-state index in [0.717, 1.165) is 24.9 Å². The van der Waals surface area contributed by atoms with Gasteiger partial charge in [-0.3, -0.25) is 4.98 Å². The highest BCUT2D eigenvalue weighted by Gasteiger charge is 2.41. The number of halogens is 1. The van der Waals surface area contributed by atoms with E-state index in [9.17, 15) is 8.94 Å². The highest BCUT2D eigenvalue weighted by molar-refractivity contribution is 7.90. The fourth-order valence-corrected chi connectivity index (χ4v) is 3.69. The Morgan fingerprint density at radius 3 is 2.78 bits per heavy atom. The molecular weight excluding hydrogens is 251 g/mol. The lowest BCUT2D eigenvalue weighted by Gasteiger charge is -2.33. The number of nitrogens with zero attached hydrogens (tertiary/aromatic N) is 2. The molecule has 1 aliphatic heterocycles. The first-order chi connectivity index (χ1) is 8.39. The van der Waals surface area contributed by atoms with Crippen molar-refractivity contribution in [3.05, 3.63) is 29.8 Å². The maximum atomic E-state index is 13.2. The van der Waals surface area contributed by atoms with Crippen LogP contribution < -0.4 is 0 Å². The van der Waals surface area contributed by atoms with Gasteiger partial charge in [0.15, 0.2) is 0 Å². The van der Waals surface area contributed by atoms with E-state index in [1.807, 2.05) is 25.1 Å². The molecule has 0 bridgehead atoms. The summed E-state index contributed by atoms with van der Waals surface area (Å²) in [5.41, 5.74) is 0.824. The molecule has 2 atom stereocenters. The summed E-state index contributed by atoms with van der Waals surface area (Å²) < 4.78 is 27.4. The molecule has 2 heterocycles. The van der Waals surface area contributed by atoms with Crippen LogP contribution in [0.2, 0.25) is 0 Å². The maximum absolute atomic E-state index is 13.2. The van der Waals surface area contributed by atoms with E-state index in [2.05, 4.69) is 4.98 Å². The lowest BCUT2D eigenvalue weighted by Crippen LogP contribution is -2.42. The summed E-state index contributed by atoms with van der Waals surface area (Å²) in [6.07, 6.45) is 4.77. The first kappa shape index (κ1) is 13.8. The number of aromatic nitrogens is 1. The normalized spacial score (nSPS) is 23.3. The molecule has 1 fully saturated rings. The molecule has 18 heavy (non-hydrogen) atoms. The third-order valence-corrected chi connectivity index (χ3v) is 4.96. The molecule has 100 valence electrons. The molecule has 1 aliphatic rings. The molecule has 0 aromatic carbocycles. The van der Waals surface area contributed by atoms with Crippen molar-refractivity contribution < 1.29 is 8.94 Å². The van der Waals surface area contributed by atoms with Gasteiger partial charge in [0, 0.05) is 24.1 Å². The third kappa shape index (κ3) is 2.84. The summed E-state index contributed by atoms with van der Waals surface area (Å²) >= 11 is -1.07. The summed E-state index contributed by atoms with van der Waals surface area (Å²) in [6, 6.07) is 1.52. The topological polar surface area (TPSA) is 39.2 Å². The summed E-state index contributed by atoms with van der Waals surface area (Å²) in [5, 5.41) is 0. The van der Waals surface area contributed by atoms with E-state index >= 15 is 0 Å². The standard InChI is InChI=1S/C13H19FN2OS/c1-13(2,3)18(17)16-6-4-5-12(16)10-7-11(14)9-15-8-10/h7-9,12H,4-6H2,1-3H3. The first-order valence-corrected chi connectivity index (χ1v) is 7.29. The van der Waals surface area contributed by atoms with Crippen molar-refractivity contribution in [2.45, 2.75) is 44.4 Å². The van der Waals surface area contributed by atoms with E-state index in [-0.39, 0.29) is 16.6 Å². The van der Waals surface area contributed by atoms with E-state index in [0.29, 0.717) is 0 Å². The van der Waals surface area contributed by atoms with Gasteiger partial charge in [-0.05, 0) is 45.2 Å². The Morgan fingerprint density at radius 2 is 2.17 bits per heavy atom. The van der Waals surface area contributed by atoms with E-state index in [1.54, 1.807) is 6.20 Å². The molecule has 0 N–H and O–H groups in total. The van der Waals surface area contributed by atoms with Gasteiger partial charge in [0.2, 0.25) is 0 Å². The van der Waals surface area contributed by atoms with Crippen LogP contribution in [0.25, 0.3) is 0 Å². The minimum Gasteiger partial charge on any atom is -0.597 e. The van der Waals surface area contributed by atoms with Gasteiger partial charge in [-0.2, -0.15) is 0 Å². The predicted molar refractivity (Wildman–Crippen MR) is 70.8 cm³/mol. The van der Waals surface area contributed by atoms with Crippen LogP contribution in [0.3, 0.4) is 0 Å². The molecule has 1 saturated heterocycles. The second kappa shape index (κ2) is 5.15. The van der Waals surface area contributed by atoms with Crippen molar-refractivity contribution in [3.63, 3.8) is 0 Å². The molecule has 0 spiro atoms. The average molecular weight is 270 g/mol. The largest absolute Gasteiger partial charge is 0.597 e. The Hall–Kier alpha value is -0.650. The van der Waals surface area contributed by atoms with Gasteiger partial charge < -0.3 is 4.55 Å². The zero-order valence-corrected chi connectivity index (χ0v) is 11.8. The highest BCUT2D eigenvalue weighted by Crippen LogP contribution is 2.37. The van der Waals surface area contributed by atoms with Crippen molar-refractivity contribution in [2.75, 3.05) is 6.54 Å². The van der Waals surface area contributed by atoms with Gasteiger partial charge >= 0.3 is 0 Å². The van der Waals surface area contributed by atoms with Crippen LogP contribution in [0, 0.1) is 5.82 Å². The summed E-state index contributed by atoms with van der Waals surface area (Å²) in [6.45, 7) is 6.68. The molecule has 1 aromatic rings. The van der Waals surface area contributed by atoms with Gasteiger partial charge in [0.25, 0.3) is 0 Å². The van der Waals surface area contributed by atoms with E-state index in [4.69, 9.17) is 0 Å². The number of hydrogen-bond acceptors (Lipinski definition) is 3. The zero-order valence-electron chi connectivity index (χ0n) is 11.0. The van der Waals surface area contributed by atoms with Crippen LogP contribution >= 0.6 is 0 Å². The Balaban J connectivity index is 2.23. The van der Waals surface area contributed by atoms with Gasteiger partial charge in [0.1, 0.15) is 10.6 Å².